The van der Waals surface area contributed by atoms with Crippen molar-refractivity contribution in [1.29, 1.82) is 0 Å². The molecule has 0 unspecified atom stereocenters. The van der Waals surface area contributed by atoms with Crippen LogP contribution in [0.3, 0.4) is 0 Å². The average molecular weight is 452 g/mol. The Balaban J connectivity index is 1.33. The number of amides is 1. The van der Waals surface area contributed by atoms with Gasteiger partial charge in [0, 0.05) is 37.4 Å². The van der Waals surface area contributed by atoms with Crippen LogP contribution >= 0.6 is 0 Å². The number of rotatable bonds is 5. The number of aliphatic hydroxyl groups is 1. The Bertz CT molecular complexity index is 1110. The lowest BCUT2D eigenvalue weighted by Gasteiger charge is -2.33. The normalized spacial score (nSPS) is 21.9. The van der Waals surface area contributed by atoms with Crippen molar-refractivity contribution in [3.8, 4) is 0 Å². The number of anilines is 1. The molecule has 2 fully saturated rings. The molecule has 0 bridgehead atoms. The summed E-state index contributed by atoms with van der Waals surface area (Å²) in [5, 5.41) is 13.6. The minimum atomic E-state index is -0.541. The van der Waals surface area contributed by atoms with Crippen molar-refractivity contribution in [3.05, 3.63) is 54.4 Å². The largest absolute Gasteiger partial charge is 0.391 e. The topological polar surface area (TPSA) is 83.3 Å². The molecule has 0 radical (unpaired) electrons. The molecule has 1 aliphatic heterocycles. The number of piperidine rings is 1. The van der Waals surface area contributed by atoms with Gasteiger partial charge in [0.25, 0.3) is 5.91 Å². The molecule has 2 aliphatic rings. The SMILES string of the molecule is O=C(N[C@H]1CCCC[C@@H]1O)c1cn(CC2CCN(c3ccncn3)CC2)c2cccc(F)c12. The van der Waals surface area contributed by atoms with E-state index in [4.69, 9.17) is 0 Å². The maximum Gasteiger partial charge on any atom is 0.253 e. The third-order valence-corrected chi connectivity index (χ3v) is 7.11. The second-order valence-corrected chi connectivity index (χ2v) is 9.26. The van der Waals surface area contributed by atoms with E-state index in [0.29, 0.717) is 23.3 Å². The zero-order valence-corrected chi connectivity index (χ0v) is 18.7. The smallest absolute Gasteiger partial charge is 0.253 e. The summed E-state index contributed by atoms with van der Waals surface area (Å²) >= 11 is 0. The lowest BCUT2D eigenvalue weighted by Crippen LogP contribution is -2.45. The predicted molar refractivity (Wildman–Crippen MR) is 125 cm³/mol. The fourth-order valence-corrected chi connectivity index (χ4v) is 5.25. The first-order valence-electron chi connectivity index (χ1n) is 11.9. The summed E-state index contributed by atoms with van der Waals surface area (Å²) < 4.78 is 16.9. The van der Waals surface area contributed by atoms with Crippen molar-refractivity contribution in [2.24, 2.45) is 5.92 Å². The van der Waals surface area contributed by atoms with Crippen molar-refractivity contribution >= 4 is 22.6 Å². The van der Waals surface area contributed by atoms with E-state index in [1.54, 1.807) is 24.8 Å². The summed E-state index contributed by atoms with van der Waals surface area (Å²) in [7, 11) is 0. The van der Waals surface area contributed by atoms with Gasteiger partial charge >= 0.3 is 0 Å². The molecule has 3 heterocycles. The molecule has 2 N–H and O–H groups in total. The highest BCUT2D eigenvalue weighted by atomic mass is 19.1. The van der Waals surface area contributed by atoms with Crippen LogP contribution in [-0.2, 0) is 6.54 Å². The van der Waals surface area contributed by atoms with Crippen molar-refractivity contribution in [3.63, 3.8) is 0 Å². The molecule has 2 aromatic heterocycles. The van der Waals surface area contributed by atoms with Crippen LogP contribution in [0.1, 0.15) is 48.9 Å². The van der Waals surface area contributed by atoms with Crippen molar-refractivity contribution in [1.82, 2.24) is 19.9 Å². The summed E-state index contributed by atoms with van der Waals surface area (Å²) in [5.74, 6) is 0.673. The predicted octanol–water partition coefficient (Wildman–Crippen LogP) is 3.52. The number of aliphatic hydroxyl groups excluding tert-OH is 1. The zero-order chi connectivity index (χ0) is 22.8. The molecule has 3 aromatic rings. The molecule has 2 atom stereocenters. The van der Waals surface area contributed by atoms with Gasteiger partial charge in [0.15, 0.2) is 0 Å². The summed E-state index contributed by atoms with van der Waals surface area (Å²) in [6.07, 6.45) is 9.95. The van der Waals surface area contributed by atoms with E-state index >= 15 is 0 Å². The molecule has 8 heteroatoms. The number of carbonyl (C=O) groups is 1. The van der Waals surface area contributed by atoms with Crippen LogP contribution in [0, 0.1) is 11.7 Å². The third-order valence-electron chi connectivity index (χ3n) is 7.11. The molecule has 1 aliphatic carbocycles. The van der Waals surface area contributed by atoms with Crippen molar-refractivity contribution in [2.75, 3.05) is 18.0 Å². The standard InChI is InChI=1S/C25H30FN5O2/c26-19-4-3-6-21-24(19)18(25(33)29-20-5-1-2-7-22(20)32)15-31(21)14-17-9-12-30(13-10-17)23-8-11-27-16-28-23/h3-4,6,8,11,15-17,20,22,32H,1-2,5,7,9-10,12-14H2,(H,29,33)/t20-,22-/m0/s1. The molecular weight excluding hydrogens is 421 g/mol. The number of carbonyl (C=O) groups excluding carboxylic acids is 1. The van der Waals surface area contributed by atoms with Crippen LogP contribution in [0.2, 0.25) is 0 Å². The van der Waals surface area contributed by atoms with Gasteiger partial charge in [-0.15, -0.1) is 0 Å². The fourth-order valence-electron chi connectivity index (χ4n) is 5.25. The highest BCUT2D eigenvalue weighted by molar-refractivity contribution is 6.07. The second kappa shape index (κ2) is 9.47. The maximum absolute atomic E-state index is 14.8. The van der Waals surface area contributed by atoms with E-state index in [0.717, 1.165) is 63.1 Å². The second-order valence-electron chi connectivity index (χ2n) is 9.26. The Morgan fingerprint density at radius 3 is 2.73 bits per heavy atom. The number of benzene rings is 1. The number of halogens is 1. The summed E-state index contributed by atoms with van der Waals surface area (Å²) in [6.45, 7) is 2.54. The molecule has 1 amide bonds. The van der Waals surface area contributed by atoms with E-state index < -0.39 is 6.10 Å². The van der Waals surface area contributed by atoms with Crippen LogP contribution in [0.25, 0.3) is 10.9 Å². The van der Waals surface area contributed by atoms with Crippen LogP contribution < -0.4 is 10.2 Å². The molecule has 5 rings (SSSR count). The van der Waals surface area contributed by atoms with E-state index in [1.165, 1.54) is 6.07 Å². The first kappa shape index (κ1) is 21.8. The van der Waals surface area contributed by atoms with E-state index in [9.17, 15) is 14.3 Å². The fraction of sp³-hybridized carbons (Fsp3) is 0.480. The van der Waals surface area contributed by atoms with Gasteiger partial charge in [0.2, 0.25) is 0 Å². The van der Waals surface area contributed by atoms with Crippen LogP contribution in [-0.4, -0.2) is 50.8 Å². The number of nitrogens with zero attached hydrogens (tertiary/aromatic N) is 4. The molecule has 0 spiro atoms. The Morgan fingerprint density at radius 1 is 1.15 bits per heavy atom. The molecule has 1 saturated heterocycles. The minimum Gasteiger partial charge on any atom is -0.391 e. The molecule has 1 aromatic carbocycles. The number of nitrogens with one attached hydrogen (secondary N) is 1. The van der Waals surface area contributed by atoms with E-state index in [-0.39, 0.29) is 17.8 Å². The number of aromatic nitrogens is 3. The zero-order valence-electron chi connectivity index (χ0n) is 18.7. The molecule has 174 valence electrons. The Hall–Kier alpha value is -3.00. The van der Waals surface area contributed by atoms with E-state index in [1.807, 2.05) is 16.7 Å². The number of hydrogen-bond donors (Lipinski definition) is 2. The van der Waals surface area contributed by atoms with Gasteiger partial charge in [-0.3, -0.25) is 4.79 Å². The Kier molecular flexibility index (Phi) is 6.26. The van der Waals surface area contributed by atoms with Crippen molar-refractivity contribution in [2.45, 2.75) is 57.2 Å². The van der Waals surface area contributed by atoms with Gasteiger partial charge in [0.05, 0.1) is 23.2 Å². The molecule has 33 heavy (non-hydrogen) atoms. The van der Waals surface area contributed by atoms with Crippen LogP contribution in [0.4, 0.5) is 10.2 Å². The molecule has 7 nitrogen and oxygen atoms in total. The van der Waals surface area contributed by atoms with Gasteiger partial charge < -0.3 is 19.9 Å². The molecular formula is C25H30FN5O2. The van der Waals surface area contributed by atoms with Gasteiger partial charge in [0.1, 0.15) is 18.0 Å². The Labute approximate surface area is 192 Å². The monoisotopic (exact) mass is 451 g/mol. The maximum atomic E-state index is 14.8. The van der Waals surface area contributed by atoms with Gasteiger partial charge in [-0.2, -0.15) is 0 Å². The van der Waals surface area contributed by atoms with Gasteiger partial charge in [-0.05, 0) is 49.8 Å². The summed E-state index contributed by atoms with van der Waals surface area (Å²) in [5.41, 5.74) is 1.09. The minimum absolute atomic E-state index is 0.275. The lowest BCUT2D eigenvalue weighted by atomic mass is 9.92. The Morgan fingerprint density at radius 2 is 1.97 bits per heavy atom. The highest BCUT2D eigenvalue weighted by Gasteiger charge is 2.28. The van der Waals surface area contributed by atoms with Crippen LogP contribution in [0.15, 0.2) is 43.0 Å². The third kappa shape index (κ3) is 4.57. The average Bonchev–Trinajstić information content (AvgIpc) is 3.21. The summed E-state index contributed by atoms with van der Waals surface area (Å²) in [6, 6.07) is 6.62. The highest BCUT2D eigenvalue weighted by Crippen LogP contribution is 2.29. The lowest BCUT2D eigenvalue weighted by molar-refractivity contribution is 0.0718. The van der Waals surface area contributed by atoms with Gasteiger partial charge in [-0.1, -0.05) is 18.9 Å². The summed E-state index contributed by atoms with van der Waals surface area (Å²) in [4.78, 5) is 23.7. The molecule has 1 saturated carbocycles. The van der Waals surface area contributed by atoms with Crippen LogP contribution in [0.5, 0.6) is 0 Å². The van der Waals surface area contributed by atoms with Gasteiger partial charge in [-0.25, -0.2) is 14.4 Å². The number of hydrogen-bond acceptors (Lipinski definition) is 5. The van der Waals surface area contributed by atoms with E-state index in [2.05, 4.69) is 20.2 Å². The number of fused-ring (bicyclic) bond motifs is 1. The first-order chi connectivity index (χ1) is 16.1. The quantitative estimate of drug-likeness (QED) is 0.620. The van der Waals surface area contributed by atoms with Crippen molar-refractivity contribution < 1.29 is 14.3 Å². The first-order valence-corrected chi connectivity index (χ1v) is 11.9.